The third kappa shape index (κ3) is 6.44. The van der Waals surface area contributed by atoms with Crippen LogP contribution in [0.3, 0.4) is 0 Å². The first-order chi connectivity index (χ1) is 17.0. The Kier molecular flexibility index (Phi) is 7.37. The van der Waals surface area contributed by atoms with Gasteiger partial charge in [-0.15, -0.1) is 0 Å². The topological polar surface area (TPSA) is 124 Å². The summed E-state index contributed by atoms with van der Waals surface area (Å²) in [5.41, 5.74) is 8.61. The normalized spacial score (nSPS) is 12.2. The third-order valence-corrected chi connectivity index (χ3v) is 5.15. The number of amidine groups is 1. The first kappa shape index (κ1) is 23.5. The number of aromatic nitrogens is 3. The molecule has 0 aliphatic heterocycles. The van der Waals surface area contributed by atoms with E-state index in [1.54, 1.807) is 42.6 Å². The standard InChI is InChI=1S/C26H22FN5O3/c27-19-8-6-18(7-9-19)21(15-24(33)34)22-12-14-30-26(32-22)35-20-10-4-17(5-11-20)16-31-25(28)23-3-1-2-13-29-23/h1-14,21H,15-16H2,(H2,28,31)(H,33,34). The molecule has 1 atom stereocenters. The van der Waals surface area contributed by atoms with Crippen LogP contribution in [-0.4, -0.2) is 31.9 Å². The summed E-state index contributed by atoms with van der Waals surface area (Å²) in [7, 11) is 0. The van der Waals surface area contributed by atoms with Crippen molar-refractivity contribution in [2.75, 3.05) is 0 Å². The highest BCUT2D eigenvalue weighted by Crippen LogP contribution is 2.28. The predicted molar refractivity (Wildman–Crippen MR) is 128 cm³/mol. The Balaban J connectivity index is 1.47. The number of nitrogens with two attached hydrogens (primary N) is 1. The van der Waals surface area contributed by atoms with Crippen LogP contribution < -0.4 is 10.5 Å². The number of hydrogen-bond donors (Lipinski definition) is 2. The van der Waals surface area contributed by atoms with Crippen molar-refractivity contribution >= 4 is 11.8 Å². The molecule has 8 nitrogen and oxygen atoms in total. The number of rotatable bonds is 9. The molecular formula is C26H22FN5O3. The van der Waals surface area contributed by atoms with E-state index in [1.807, 2.05) is 24.3 Å². The number of benzene rings is 2. The van der Waals surface area contributed by atoms with E-state index in [1.165, 1.54) is 18.3 Å². The van der Waals surface area contributed by atoms with Crippen molar-refractivity contribution in [2.45, 2.75) is 18.9 Å². The fourth-order valence-electron chi connectivity index (χ4n) is 3.40. The van der Waals surface area contributed by atoms with E-state index >= 15 is 0 Å². The number of nitrogens with zero attached hydrogens (tertiary/aromatic N) is 4. The van der Waals surface area contributed by atoms with Crippen LogP contribution in [0.25, 0.3) is 0 Å². The van der Waals surface area contributed by atoms with Gasteiger partial charge in [-0.05, 0) is 53.6 Å². The summed E-state index contributed by atoms with van der Waals surface area (Å²) in [5.74, 6) is -1.12. The maximum absolute atomic E-state index is 13.3. The highest BCUT2D eigenvalue weighted by molar-refractivity contribution is 5.95. The summed E-state index contributed by atoms with van der Waals surface area (Å²) in [6, 6.07) is 20.0. The Hall–Kier alpha value is -4.66. The van der Waals surface area contributed by atoms with Crippen molar-refractivity contribution in [1.82, 2.24) is 15.0 Å². The second-order valence-electron chi connectivity index (χ2n) is 7.63. The smallest absolute Gasteiger partial charge is 0.322 e. The van der Waals surface area contributed by atoms with Crippen molar-refractivity contribution in [3.63, 3.8) is 0 Å². The highest BCUT2D eigenvalue weighted by atomic mass is 19.1. The number of aliphatic carboxylic acids is 1. The van der Waals surface area contributed by atoms with Crippen LogP contribution in [0.5, 0.6) is 11.8 Å². The van der Waals surface area contributed by atoms with E-state index in [-0.39, 0.29) is 12.4 Å². The summed E-state index contributed by atoms with van der Waals surface area (Å²) in [4.78, 5) is 28.5. The van der Waals surface area contributed by atoms with Crippen LogP contribution in [0.1, 0.15) is 34.9 Å². The fraction of sp³-hybridized carbons (Fsp3) is 0.115. The van der Waals surface area contributed by atoms with Gasteiger partial charge in [0.05, 0.1) is 18.7 Å². The molecule has 0 aliphatic rings. The number of ether oxygens (including phenoxy) is 1. The molecule has 0 amide bonds. The van der Waals surface area contributed by atoms with E-state index in [0.717, 1.165) is 5.56 Å². The van der Waals surface area contributed by atoms with Crippen LogP contribution in [0, 0.1) is 5.82 Å². The summed E-state index contributed by atoms with van der Waals surface area (Å²) >= 11 is 0. The van der Waals surface area contributed by atoms with Crippen LogP contribution in [0.15, 0.2) is 90.2 Å². The SMILES string of the molecule is NC(=NCc1ccc(Oc2nccc(C(CC(=O)O)c3ccc(F)cc3)n2)cc1)c1ccccn1. The van der Waals surface area contributed by atoms with Gasteiger partial charge in [-0.1, -0.05) is 30.3 Å². The van der Waals surface area contributed by atoms with Gasteiger partial charge >= 0.3 is 12.0 Å². The van der Waals surface area contributed by atoms with Crippen molar-refractivity contribution in [1.29, 1.82) is 0 Å². The lowest BCUT2D eigenvalue weighted by atomic mass is 9.92. The lowest BCUT2D eigenvalue weighted by molar-refractivity contribution is -0.137. The van der Waals surface area contributed by atoms with Gasteiger partial charge in [0.15, 0.2) is 0 Å². The second-order valence-corrected chi connectivity index (χ2v) is 7.63. The molecule has 3 N–H and O–H groups in total. The van der Waals surface area contributed by atoms with E-state index in [2.05, 4.69) is 19.9 Å². The Morgan fingerprint density at radius 3 is 2.46 bits per heavy atom. The zero-order chi connectivity index (χ0) is 24.6. The maximum Gasteiger partial charge on any atom is 0.322 e. The number of aliphatic imine (C=N–C) groups is 1. The zero-order valence-electron chi connectivity index (χ0n) is 18.6. The van der Waals surface area contributed by atoms with Crippen molar-refractivity contribution in [3.05, 3.63) is 114 Å². The zero-order valence-corrected chi connectivity index (χ0v) is 18.6. The summed E-state index contributed by atoms with van der Waals surface area (Å²) in [5, 5.41) is 9.37. The molecule has 1 unspecified atom stereocenters. The van der Waals surface area contributed by atoms with Crippen LogP contribution in [0.4, 0.5) is 4.39 Å². The van der Waals surface area contributed by atoms with Crippen molar-refractivity contribution in [3.8, 4) is 11.8 Å². The molecule has 0 saturated heterocycles. The quantitative estimate of drug-likeness (QED) is 0.275. The Labute approximate surface area is 201 Å². The third-order valence-electron chi connectivity index (χ3n) is 5.15. The average Bonchev–Trinajstić information content (AvgIpc) is 2.88. The van der Waals surface area contributed by atoms with Gasteiger partial charge in [0.1, 0.15) is 23.1 Å². The lowest BCUT2D eigenvalue weighted by Gasteiger charge is -2.15. The number of halogens is 1. The van der Waals surface area contributed by atoms with Gasteiger partial charge in [-0.2, -0.15) is 4.98 Å². The van der Waals surface area contributed by atoms with E-state index < -0.39 is 17.7 Å². The van der Waals surface area contributed by atoms with Gasteiger partial charge in [0.25, 0.3) is 0 Å². The van der Waals surface area contributed by atoms with E-state index in [9.17, 15) is 14.3 Å². The largest absolute Gasteiger partial charge is 0.481 e. The van der Waals surface area contributed by atoms with Gasteiger partial charge in [0.2, 0.25) is 0 Å². The van der Waals surface area contributed by atoms with Crippen LogP contribution in [-0.2, 0) is 11.3 Å². The molecule has 9 heteroatoms. The Bertz CT molecular complexity index is 1310. The molecule has 176 valence electrons. The average molecular weight is 471 g/mol. The van der Waals surface area contributed by atoms with Crippen molar-refractivity contribution < 1.29 is 19.0 Å². The number of hydrogen-bond acceptors (Lipinski definition) is 6. The molecule has 4 aromatic rings. The first-order valence-corrected chi connectivity index (χ1v) is 10.8. The lowest BCUT2D eigenvalue weighted by Crippen LogP contribution is -2.15. The summed E-state index contributed by atoms with van der Waals surface area (Å²) < 4.78 is 19.1. The van der Waals surface area contributed by atoms with Gasteiger partial charge in [-0.25, -0.2) is 9.37 Å². The van der Waals surface area contributed by atoms with Gasteiger partial charge in [0, 0.05) is 18.3 Å². The van der Waals surface area contributed by atoms with E-state index in [0.29, 0.717) is 35.1 Å². The Morgan fingerprint density at radius 1 is 1.00 bits per heavy atom. The number of carbonyl (C=O) groups is 1. The molecule has 0 bridgehead atoms. The molecule has 0 saturated carbocycles. The minimum absolute atomic E-state index is 0.0742. The van der Waals surface area contributed by atoms with Crippen LogP contribution in [0.2, 0.25) is 0 Å². The molecular weight excluding hydrogens is 449 g/mol. The molecule has 0 fully saturated rings. The molecule has 2 heterocycles. The summed E-state index contributed by atoms with van der Waals surface area (Å²) in [6.07, 6.45) is 2.95. The Morgan fingerprint density at radius 2 is 1.77 bits per heavy atom. The number of carboxylic acid groups (broad SMARTS) is 1. The minimum atomic E-state index is -0.998. The molecule has 0 aliphatic carbocycles. The van der Waals surface area contributed by atoms with Crippen molar-refractivity contribution in [2.24, 2.45) is 10.7 Å². The summed E-state index contributed by atoms with van der Waals surface area (Å²) in [6.45, 7) is 0.378. The van der Waals surface area contributed by atoms with Gasteiger partial charge < -0.3 is 15.6 Å². The van der Waals surface area contributed by atoms with Gasteiger partial charge in [-0.3, -0.25) is 14.8 Å². The van der Waals surface area contributed by atoms with E-state index in [4.69, 9.17) is 10.5 Å². The molecule has 0 radical (unpaired) electrons. The molecule has 2 aromatic carbocycles. The number of carboxylic acids is 1. The fourth-order valence-corrected chi connectivity index (χ4v) is 3.40. The molecule has 35 heavy (non-hydrogen) atoms. The molecule has 2 aromatic heterocycles. The predicted octanol–water partition coefficient (Wildman–Crippen LogP) is 4.32. The number of pyridine rings is 1. The highest BCUT2D eigenvalue weighted by Gasteiger charge is 2.20. The first-order valence-electron chi connectivity index (χ1n) is 10.8. The molecule has 0 spiro atoms. The monoisotopic (exact) mass is 471 g/mol. The molecule has 4 rings (SSSR count). The van der Waals surface area contributed by atoms with Crippen LogP contribution >= 0.6 is 0 Å². The maximum atomic E-state index is 13.3. The second kappa shape index (κ2) is 11.0. The minimum Gasteiger partial charge on any atom is -0.481 e.